The Bertz CT molecular complexity index is 582. The first-order valence-corrected chi connectivity index (χ1v) is 6.02. The topological polar surface area (TPSA) is 34.9 Å². The molecule has 0 N–H and O–H groups in total. The third-order valence-electron chi connectivity index (χ3n) is 2.42. The lowest BCUT2D eigenvalue weighted by Gasteiger charge is -1.97. The molecule has 0 aliphatic rings. The van der Waals surface area contributed by atoms with Crippen molar-refractivity contribution < 1.29 is 9.18 Å². The van der Waals surface area contributed by atoms with Crippen LogP contribution in [0.15, 0.2) is 41.0 Å². The Morgan fingerprint density at radius 3 is 2.61 bits per heavy atom. The number of allylic oxidation sites excluding steroid dienone is 1. The van der Waals surface area contributed by atoms with Crippen LogP contribution in [0.1, 0.15) is 16.1 Å². The van der Waals surface area contributed by atoms with Gasteiger partial charge in [-0.25, -0.2) is 4.39 Å². The molecule has 0 atom stereocenters. The maximum atomic E-state index is 12.7. The highest BCUT2D eigenvalue weighted by Gasteiger charge is 2.11. The summed E-state index contributed by atoms with van der Waals surface area (Å²) in [5.41, 5.74) is 1.25. The van der Waals surface area contributed by atoms with Crippen LogP contribution in [0.5, 0.6) is 0 Å². The third-order valence-corrected chi connectivity index (χ3v) is 3.00. The predicted octanol–water partition coefficient (Wildman–Crippen LogP) is 3.22. The molecule has 92 valence electrons. The summed E-state index contributed by atoms with van der Waals surface area (Å²) in [4.78, 5) is 11.9. The van der Waals surface area contributed by atoms with E-state index >= 15 is 0 Å². The van der Waals surface area contributed by atoms with Crippen molar-refractivity contribution in [1.29, 1.82) is 0 Å². The summed E-state index contributed by atoms with van der Waals surface area (Å²) in [5, 5.41) is 3.97. The normalized spacial score (nSPS) is 11.1. The number of nitrogens with zero attached hydrogens (tertiary/aromatic N) is 2. The minimum absolute atomic E-state index is 0.161. The first-order valence-electron chi connectivity index (χ1n) is 5.23. The van der Waals surface area contributed by atoms with Crippen molar-refractivity contribution >= 4 is 27.8 Å². The molecule has 1 aromatic heterocycles. The smallest absolute Gasteiger partial charge is 0.205 e. The zero-order valence-electron chi connectivity index (χ0n) is 9.60. The molecular weight excluding hydrogens is 299 g/mol. The van der Waals surface area contributed by atoms with Gasteiger partial charge in [0.15, 0.2) is 0 Å². The van der Waals surface area contributed by atoms with Gasteiger partial charge in [0.05, 0.1) is 10.7 Å². The zero-order valence-corrected chi connectivity index (χ0v) is 11.2. The number of rotatable bonds is 3. The van der Waals surface area contributed by atoms with Gasteiger partial charge in [0.2, 0.25) is 5.78 Å². The fourth-order valence-electron chi connectivity index (χ4n) is 1.51. The number of halogens is 2. The summed E-state index contributed by atoms with van der Waals surface area (Å²) >= 11 is 3.27. The van der Waals surface area contributed by atoms with E-state index in [2.05, 4.69) is 21.0 Å². The molecule has 18 heavy (non-hydrogen) atoms. The van der Waals surface area contributed by atoms with Gasteiger partial charge in [-0.2, -0.15) is 5.10 Å². The molecule has 0 aliphatic heterocycles. The van der Waals surface area contributed by atoms with E-state index in [1.54, 1.807) is 31.5 Å². The Labute approximate surface area is 112 Å². The number of carbonyl (C=O) groups is 1. The van der Waals surface area contributed by atoms with Crippen LogP contribution in [0.25, 0.3) is 6.08 Å². The summed E-state index contributed by atoms with van der Waals surface area (Å²) in [6.07, 6.45) is 4.65. The minimum atomic E-state index is -0.298. The fourth-order valence-corrected chi connectivity index (χ4v) is 2.06. The number of ketones is 1. The molecule has 0 fully saturated rings. The lowest BCUT2D eigenvalue weighted by atomic mass is 10.1. The Hall–Kier alpha value is -1.75. The quantitative estimate of drug-likeness (QED) is 0.644. The number of aromatic nitrogens is 2. The van der Waals surface area contributed by atoms with Crippen molar-refractivity contribution in [2.45, 2.75) is 0 Å². The van der Waals surface area contributed by atoms with Crippen LogP contribution in [0.2, 0.25) is 0 Å². The van der Waals surface area contributed by atoms with Crippen LogP contribution in [0.3, 0.4) is 0 Å². The Morgan fingerprint density at radius 2 is 2.06 bits per heavy atom. The molecule has 0 amide bonds. The third kappa shape index (κ3) is 2.73. The zero-order chi connectivity index (χ0) is 13.1. The minimum Gasteiger partial charge on any atom is -0.288 e. The first-order chi connectivity index (χ1) is 8.58. The highest BCUT2D eigenvalue weighted by Crippen LogP contribution is 2.16. The van der Waals surface area contributed by atoms with Crippen molar-refractivity contribution in [2.24, 2.45) is 7.05 Å². The fraction of sp³-hybridized carbons (Fsp3) is 0.0769. The van der Waals surface area contributed by atoms with Gasteiger partial charge >= 0.3 is 0 Å². The highest BCUT2D eigenvalue weighted by molar-refractivity contribution is 9.10. The largest absolute Gasteiger partial charge is 0.288 e. The molecule has 0 saturated heterocycles. The maximum Gasteiger partial charge on any atom is 0.205 e. The lowest BCUT2D eigenvalue weighted by molar-refractivity contribution is 0.103. The molecule has 2 aromatic rings. The molecule has 2 rings (SSSR count). The van der Waals surface area contributed by atoms with E-state index in [1.165, 1.54) is 22.9 Å². The standard InChI is InChI=1S/C13H10BrFN2O/c1-17-13(11(14)8-16-17)12(18)7-4-9-2-5-10(15)6-3-9/h2-8H,1H3. The molecule has 1 aromatic carbocycles. The monoisotopic (exact) mass is 308 g/mol. The lowest BCUT2D eigenvalue weighted by Crippen LogP contribution is -2.04. The SMILES string of the molecule is Cn1ncc(Br)c1C(=O)C=Cc1ccc(F)cc1. The van der Waals surface area contributed by atoms with Crippen LogP contribution in [-0.4, -0.2) is 15.6 Å². The van der Waals surface area contributed by atoms with Crippen LogP contribution in [0, 0.1) is 5.82 Å². The summed E-state index contributed by atoms with van der Waals surface area (Å²) in [7, 11) is 1.70. The van der Waals surface area contributed by atoms with E-state index in [-0.39, 0.29) is 11.6 Å². The molecule has 0 radical (unpaired) electrons. The van der Waals surface area contributed by atoms with Crippen molar-refractivity contribution in [3.63, 3.8) is 0 Å². The van der Waals surface area contributed by atoms with Gasteiger partial charge in [-0.15, -0.1) is 0 Å². The molecule has 0 unspecified atom stereocenters. The average Bonchev–Trinajstić information content (AvgIpc) is 2.68. The summed E-state index contributed by atoms with van der Waals surface area (Å²) in [6.45, 7) is 0. The predicted molar refractivity (Wildman–Crippen MR) is 70.7 cm³/mol. The van der Waals surface area contributed by atoms with Gasteiger partial charge in [0, 0.05) is 7.05 Å². The van der Waals surface area contributed by atoms with Gasteiger partial charge in [0.25, 0.3) is 0 Å². The Morgan fingerprint density at radius 1 is 1.39 bits per heavy atom. The second-order valence-electron chi connectivity index (χ2n) is 3.71. The second kappa shape index (κ2) is 5.27. The summed E-state index contributed by atoms with van der Waals surface area (Å²) < 4.78 is 14.9. The van der Waals surface area contributed by atoms with E-state index in [1.807, 2.05) is 0 Å². The molecular formula is C13H10BrFN2O. The first kappa shape index (κ1) is 12.7. The van der Waals surface area contributed by atoms with Gasteiger partial charge in [0.1, 0.15) is 11.5 Å². The average molecular weight is 309 g/mol. The number of carbonyl (C=O) groups excluding carboxylic acids is 1. The molecule has 0 saturated carbocycles. The van der Waals surface area contributed by atoms with E-state index in [9.17, 15) is 9.18 Å². The van der Waals surface area contributed by atoms with Crippen LogP contribution in [0.4, 0.5) is 4.39 Å². The van der Waals surface area contributed by atoms with E-state index < -0.39 is 0 Å². The number of aryl methyl sites for hydroxylation is 1. The second-order valence-corrected chi connectivity index (χ2v) is 4.57. The van der Waals surface area contributed by atoms with Crippen LogP contribution in [-0.2, 0) is 7.05 Å². The summed E-state index contributed by atoms with van der Waals surface area (Å²) in [5.74, 6) is -0.459. The maximum absolute atomic E-state index is 12.7. The van der Waals surface area contributed by atoms with Gasteiger partial charge in [-0.1, -0.05) is 18.2 Å². The number of benzene rings is 1. The van der Waals surface area contributed by atoms with Crippen molar-refractivity contribution in [2.75, 3.05) is 0 Å². The number of hydrogen-bond donors (Lipinski definition) is 0. The van der Waals surface area contributed by atoms with Gasteiger partial charge in [-0.3, -0.25) is 9.48 Å². The Balaban J connectivity index is 2.19. The highest BCUT2D eigenvalue weighted by atomic mass is 79.9. The molecule has 0 spiro atoms. The molecule has 1 heterocycles. The van der Waals surface area contributed by atoms with Gasteiger partial charge in [-0.05, 0) is 39.7 Å². The molecule has 0 aliphatic carbocycles. The Kier molecular flexibility index (Phi) is 3.72. The van der Waals surface area contributed by atoms with E-state index in [0.29, 0.717) is 10.2 Å². The van der Waals surface area contributed by atoms with Crippen LogP contribution >= 0.6 is 15.9 Å². The molecule has 0 bridgehead atoms. The molecule has 5 heteroatoms. The van der Waals surface area contributed by atoms with Crippen LogP contribution < -0.4 is 0 Å². The molecule has 3 nitrogen and oxygen atoms in total. The van der Waals surface area contributed by atoms with Crippen molar-refractivity contribution in [1.82, 2.24) is 9.78 Å². The van der Waals surface area contributed by atoms with Crippen molar-refractivity contribution in [3.8, 4) is 0 Å². The van der Waals surface area contributed by atoms with E-state index in [4.69, 9.17) is 0 Å². The van der Waals surface area contributed by atoms with E-state index in [0.717, 1.165) is 5.56 Å². The summed E-state index contributed by atoms with van der Waals surface area (Å²) in [6, 6.07) is 5.92. The van der Waals surface area contributed by atoms with Crippen molar-refractivity contribution in [3.05, 3.63) is 58.1 Å². The van der Waals surface area contributed by atoms with Gasteiger partial charge < -0.3 is 0 Å². The number of hydrogen-bond acceptors (Lipinski definition) is 2.